The van der Waals surface area contributed by atoms with Crippen LogP contribution in [0.5, 0.6) is 11.5 Å². The second-order valence-corrected chi connectivity index (χ2v) is 16.8. The highest BCUT2D eigenvalue weighted by molar-refractivity contribution is 9.11. The number of halogens is 6. The van der Waals surface area contributed by atoms with Crippen molar-refractivity contribution in [2.24, 2.45) is 20.0 Å². The fraction of sp³-hybridized carbons (Fsp3) is 0.385. The number of nitrogens with two attached hydrogens (primary N) is 1. The monoisotopic (exact) mass is 1020 g/mol. The number of pyridine rings is 1. The molecule has 0 bridgehead atoms. The van der Waals surface area contributed by atoms with Crippen LogP contribution in [0.15, 0.2) is 67.6 Å². The number of aliphatic carboxylic acids is 1. The number of nitrogens with zero attached hydrogens (tertiary/aromatic N) is 5. The van der Waals surface area contributed by atoms with Crippen LogP contribution in [-0.2, 0) is 32.0 Å². The number of nitrogens with one attached hydrogen (secondary N) is 2. The van der Waals surface area contributed by atoms with E-state index in [-0.39, 0.29) is 56.6 Å². The molecule has 2 aliphatic rings. The lowest BCUT2D eigenvalue weighted by Crippen LogP contribution is -2.37. The van der Waals surface area contributed by atoms with E-state index >= 15 is 0 Å². The number of imidazole rings is 1. The van der Waals surface area contributed by atoms with E-state index in [1.165, 1.54) is 60.1 Å². The fourth-order valence-corrected chi connectivity index (χ4v) is 7.92. The molecule has 3 aromatic heterocycles. The minimum absolute atomic E-state index is 0.0803. The van der Waals surface area contributed by atoms with Gasteiger partial charge in [0.1, 0.15) is 6.54 Å². The van der Waals surface area contributed by atoms with Gasteiger partial charge in [-0.2, -0.15) is 8.78 Å². The normalized spacial score (nSPS) is 16.0. The molecule has 1 amide bonds. The van der Waals surface area contributed by atoms with Gasteiger partial charge in [-0.25, -0.2) is 9.78 Å². The molecule has 2 aliphatic carbocycles. The number of aliphatic hydroxyl groups excluding tert-OH is 1. The Morgan fingerprint density at radius 3 is 2.30 bits per heavy atom. The zero-order chi connectivity index (χ0) is 44.5. The fourth-order valence-electron chi connectivity index (χ4n) is 6.15. The lowest BCUT2D eigenvalue weighted by Gasteiger charge is -2.26. The molecule has 6 N–H and O–H groups in total. The number of aryl methyl sites for hydroxylation is 1. The third kappa shape index (κ3) is 13.0. The van der Waals surface area contributed by atoms with Gasteiger partial charge in [0.05, 0.1) is 40.5 Å². The highest BCUT2D eigenvalue weighted by Crippen LogP contribution is 2.35. The number of nitrogen functional groups attached to an aromatic ring is 1. The second kappa shape index (κ2) is 21.5. The molecule has 61 heavy (non-hydrogen) atoms. The number of aromatic nitrogens is 5. The largest absolute Gasteiger partial charge is 0.489 e. The number of hydrogen-bond donors (Lipinski definition) is 5. The molecule has 3 heterocycles. The number of ether oxygens (including phenoxy) is 2. The maximum absolute atomic E-state index is 12.6. The predicted molar refractivity (Wildman–Crippen MR) is 233 cm³/mol. The average molecular weight is 1020 g/mol. The smallest absolute Gasteiger partial charge is 0.387 e. The van der Waals surface area contributed by atoms with Crippen LogP contribution in [0.1, 0.15) is 54.4 Å². The van der Waals surface area contributed by atoms with E-state index in [1.807, 2.05) is 12.1 Å². The number of amides is 1. The van der Waals surface area contributed by atoms with Crippen LogP contribution in [0.4, 0.5) is 20.2 Å². The van der Waals surface area contributed by atoms with E-state index in [0.717, 1.165) is 69.8 Å². The predicted octanol–water partition coefficient (Wildman–Crippen LogP) is 6.74. The Labute approximate surface area is 374 Å². The zero-order valence-electron chi connectivity index (χ0n) is 32.7. The van der Waals surface area contributed by atoms with E-state index in [4.69, 9.17) is 38.8 Å². The molecule has 16 nitrogen and oxygen atoms in total. The first-order valence-electron chi connectivity index (χ1n) is 18.7. The van der Waals surface area contributed by atoms with Crippen molar-refractivity contribution in [2.75, 3.05) is 17.7 Å². The molecule has 22 heteroatoms. The number of benzene rings is 2. The SMILES string of the molecule is Cn1c(=O)c2c(ncn2CC(=O)O)n(C)c1=O.Nc1c(Br)cc(Br)cc1CNC1CCC(O)CC1.O=C(Nc1c(Cl)cncc1Cl)c1ccc(OC(F)F)c(OCC2CC2)c1. The van der Waals surface area contributed by atoms with Gasteiger partial charge in [-0.3, -0.25) is 28.5 Å². The van der Waals surface area contributed by atoms with Gasteiger partial charge in [0.2, 0.25) is 0 Å². The van der Waals surface area contributed by atoms with Crippen LogP contribution >= 0.6 is 55.1 Å². The first-order valence-corrected chi connectivity index (χ1v) is 21.1. The Balaban J connectivity index is 0.000000179. The van der Waals surface area contributed by atoms with Gasteiger partial charge in [-0.05, 0) is 96.3 Å². The molecule has 5 aromatic rings. The molecule has 7 rings (SSSR count). The van der Waals surface area contributed by atoms with Crippen LogP contribution in [0.2, 0.25) is 10.0 Å². The summed E-state index contributed by atoms with van der Waals surface area (Å²) >= 11 is 18.9. The molecule has 0 unspecified atom stereocenters. The number of hydrogen-bond acceptors (Lipinski definition) is 11. The first-order chi connectivity index (χ1) is 28.9. The molecule has 0 spiro atoms. The Morgan fingerprint density at radius 2 is 1.67 bits per heavy atom. The summed E-state index contributed by atoms with van der Waals surface area (Å²) in [6, 6.07) is 8.45. The number of carboxylic acid groups (broad SMARTS) is 1. The molecule has 2 saturated carbocycles. The van der Waals surface area contributed by atoms with Gasteiger partial charge in [0.25, 0.3) is 11.5 Å². The molecular weight excluding hydrogens is 977 g/mol. The van der Waals surface area contributed by atoms with Crippen molar-refractivity contribution in [3.8, 4) is 11.5 Å². The number of anilines is 2. The quantitative estimate of drug-likeness (QED) is 0.0822. The maximum Gasteiger partial charge on any atom is 0.387 e. The highest BCUT2D eigenvalue weighted by atomic mass is 79.9. The van der Waals surface area contributed by atoms with E-state index in [0.29, 0.717) is 18.6 Å². The molecular formula is C39H42Br2Cl2F2N8O8. The summed E-state index contributed by atoms with van der Waals surface area (Å²) < 4.78 is 40.4. The summed E-state index contributed by atoms with van der Waals surface area (Å²) in [4.78, 5) is 54.2. The summed E-state index contributed by atoms with van der Waals surface area (Å²) in [5, 5.41) is 24.6. The number of alkyl halides is 2. The van der Waals surface area contributed by atoms with E-state index in [2.05, 4.69) is 57.2 Å². The van der Waals surface area contributed by atoms with Gasteiger partial charge < -0.3 is 40.6 Å². The average Bonchev–Trinajstić information content (AvgIpc) is 3.96. The molecule has 2 aromatic carbocycles. The summed E-state index contributed by atoms with van der Waals surface area (Å²) in [6.45, 7) is -2.21. The summed E-state index contributed by atoms with van der Waals surface area (Å²) in [7, 11) is 2.81. The molecule has 0 saturated heterocycles. The number of aliphatic hydroxyl groups is 1. The minimum atomic E-state index is -2.99. The number of rotatable bonds is 12. The van der Waals surface area contributed by atoms with E-state index < -0.39 is 29.7 Å². The van der Waals surface area contributed by atoms with Gasteiger partial charge in [-0.15, -0.1) is 0 Å². The summed E-state index contributed by atoms with van der Waals surface area (Å²) in [6.07, 6.45) is 9.75. The van der Waals surface area contributed by atoms with Crippen molar-refractivity contribution in [3.05, 3.63) is 100 Å². The standard InChI is InChI=1S/C17H14Cl2F2N2O3.C13H18Br2N2O.C9H10N4O4/c18-11-6-22-7-12(19)15(11)23-16(24)10-3-4-13(26-17(20)21)14(5-10)25-8-9-1-2-9;14-9-5-8(13(16)12(15)6-9)7-17-10-1-3-11(18)4-2-10;1-11-7-6(8(16)12(2)9(11)17)13(4-10-7)3-5(14)15/h3-7,9,17H,1-2,8H2,(H,22,23,24);5-6,10-11,17-18H,1-4,7,16H2;4H,3H2,1-2H3,(H,14,15). The van der Waals surface area contributed by atoms with Gasteiger partial charge >= 0.3 is 18.3 Å². The number of carbonyl (C=O) groups excluding carboxylic acids is 1. The molecule has 0 aliphatic heterocycles. The van der Waals surface area contributed by atoms with Crippen LogP contribution in [0, 0.1) is 5.92 Å². The van der Waals surface area contributed by atoms with Crippen molar-refractivity contribution < 1.29 is 38.1 Å². The third-order valence-corrected chi connectivity index (χ3v) is 11.4. The number of carboxylic acids is 1. The second-order valence-electron chi connectivity index (χ2n) is 14.2. The number of fused-ring (bicyclic) bond motifs is 1. The van der Waals surface area contributed by atoms with E-state index in [9.17, 15) is 33.1 Å². The molecule has 0 radical (unpaired) electrons. The van der Waals surface area contributed by atoms with Gasteiger partial charge in [-0.1, -0.05) is 39.1 Å². The lowest BCUT2D eigenvalue weighted by atomic mass is 9.93. The summed E-state index contributed by atoms with van der Waals surface area (Å²) in [5.41, 5.74) is 7.56. The Hall–Kier alpha value is -4.60. The van der Waals surface area contributed by atoms with Crippen molar-refractivity contribution in [1.29, 1.82) is 0 Å². The van der Waals surface area contributed by atoms with Crippen molar-refractivity contribution in [2.45, 2.75) is 70.4 Å². The zero-order valence-corrected chi connectivity index (χ0v) is 37.4. The van der Waals surface area contributed by atoms with Crippen molar-refractivity contribution >= 4 is 89.5 Å². The topological polar surface area (TPSA) is 218 Å². The van der Waals surface area contributed by atoms with Gasteiger partial charge in [0, 0.05) is 53.6 Å². The molecule has 2 fully saturated rings. The Kier molecular flexibility index (Phi) is 16.7. The molecule has 0 atom stereocenters. The van der Waals surface area contributed by atoms with Crippen LogP contribution < -0.4 is 37.1 Å². The van der Waals surface area contributed by atoms with Crippen LogP contribution in [-0.4, -0.2) is 71.1 Å². The van der Waals surface area contributed by atoms with Gasteiger partial charge in [0.15, 0.2) is 22.7 Å². The third-order valence-electron chi connectivity index (χ3n) is 9.67. The van der Waals surface area contributed by atoms with Crippen molar-refractivity contribution in [3.63, 3.8) is 0 Å². The Bertz CT molecular complexity index is 2470. The Morgan fingerprint density at radius 1 is 1.00 bits per heavy atom. The highest BCUT2D eigenvalue weighted by Gasteiger charge is 2.24. The summed E-state index contributed by atoms with van der Waals surface area (Å²) in [5.74, 6) is -1.25. The van der Waals surface area contributed by atoms with Crippen molar-refractivity contribution in [1.82, 2.24) is 29.0 Å². The number of carbonyl (C=O) groups is 2. The lowest BCUT2D eigenvalue weighted by molar-refractivity contribution is -0.137. The van der Waals surface area contributed by atoms with E-state index in [1.54, 1.807) is 0 Å². The molecule has 328 valence electrons. The minimum Gasteiger partial charge on any atom is -0.489 e. The van der Waals surface area contributed by atoms with Crippen LogP contribution in [0.25, 0.3) is 11.2 Å². The maximum atomic E-state index is 12.6. The first kappa shape index (κ1) is 47.4. The van der Waals surface area contributed by atoms with Crippen LogP contribution in [0.3, 0.4) is 0 Å².